The van der Waals surface area contributed by atoms with Crippen LogP contribution in [0.1, 0.15) is 42.7 Å². The number of benzene rings is 2. The number of hydrogen-bond donors (Lipinski definition) is 1. The second-order valence-electron chi connectivity index (χ2n) is 9.87. The SMILES string of the molecule is O=C(NC1CCCC1)[C@@H]1N(CCc2ccccc2)C(=O)[C@H]2[C@@H](c3ccccc3)[C@H]3C=C[C@@]12O3. The molecule has 1 aliphatic carbocycles. The van der Waals surface area contributed by atoms with Crippen LogP contribution in [0.4, 0.5) is 0 Å². The molecule has 2 amide bonds. The van der Waals surface area contributed by atoms with Crippen LogP contribution in [0.2, 0.25) is 0 Å². The van der Waals surface area contributed by atoms with E-state index in [1.54, 1.807) is 0 Å². The van der Waals surface area contributed by atoms with E-state index in [0.717, 1.165) is 36.8 Å². The van der Waals surface area contributed by atoms with E-state index < -0.39 is 11.6 Å². The molecule has 170 valence electrons. The lowest BCUT2D eigenvalue weighted by Gasteiger charge is -2.33. The molecule has 5 heteroatoms. The fourth-order valence-corrected chi connectivity index (χ4v) is 6.51. The number of nitrogens with one attached hydrogen (secondary N) is 1. The Morgan fingerprint density at radius 3 is 2.45 bits per heavy atom. The lowest BCUT2D eigenvalue weighted by molar-refractivity contribution is -0.139. The van der Waals surface area contributed by atoms with Crippen LogP contribution in [0.25, 0.3) is 0 Å². The van der Waals surface area contributed by atoms with Crippen LogP contribution in [-0.2, 0) is 20.7 Å². The number of likely N-dealkylation sites (tertiary alicyclic amines) is 1. The van der Waals surface area contributed by atoms with Gasteiger partial charge in [-0.15, -0.1) is 0 Å². The van der Waals surface area contributed by atoms with E-state index in [1.807, 2.05) is 47.4 Å². The summed E-state index contributed by atoms with van der Waals surface area (Å²) >= 11 is 0. The summed E-state index contributed by atoms with van der Waals surface area (Å²) in [6.45, 7) is 0.507. The summed E-state index contributed by atoms with van der Waals surface area (Å²) in [5.74, 6) is -0.458. The molecule has 5 atom stereocenters. The normalized spacial score (nSPS) is 32.5. The molecule has 3 fully saturated rings. The van der Waals surface area contributed by atoms with Crippen LogP contribution >= 0.6 is 0 Å². The monoisotopic (exact) mass is 442 g/mol. The van der Waals surface area contributed by atoms with Gasteiger partial charge in [0.05, 0.1) is 12.0 Å². The molecule has 4 aliphatic rings. The Kier molecular flexibility index (Phi) is 5.10. The van der Waals surface area contributed by atoms with Gasteiger partial charge in [-0.3, -0.25) is 9.59 Å². The Bertz CT molecular complexity index is 1060. The first-order chi connectivity index (χ1) is 16.2. The minimum Gasteiger partial charge on any atom is -0.359 e. The van der Waals surface area contributed by atoms with Gasteiger partial charge >= 0.3 is 0 Å². The molecule has 3 aliphatic heterocycles. The zero-order chi connectivity index (χ0) is 22.4. The van der Waals surface area contributed by atoms with Crippen molar-refractivity contribution in [2.24, 2.45) is 5.92 Å². The predicted molar refractivity (Wildman–Crippen MR) is 125 cm³/mol. The van der Waals surface area contributed by atoms with Crippen molar-refractivity contribution in [3.63, 3.8) is 0 Å². The number of rotatable bonds is 6. The van der Waals surface area contributed by atoms with Gasteiger partial charge in [-0.25, -0.2) is 0 Å². The van der Waals surface area contributed by atoms with Crippen LogP contribution < -0.4 is 5.32 Å². The van der Waals surface area contributed by atoms with Gasteiger partial charge < -0.3 is 15.0 Å². The Balaban J connectivity index is 1.35. The summed E-state index contributed by atoms with van der Waals surface area (Å²) in [4.78, 5) is 29.5. The van der Waals surface area contributed by atoms with E-state index in [9.17, 15) is 9.59 Å². The summed E-state index contributed by atoms with van der Waals surface area (Å²) in [5, 5.41) is 3.27. The van der Waals surface area contributed by atoms with Crippen molar-refractivity contribution in [2.75, 3.05) is 6.54 Å². The number of fused-ring (bicyclic) bond motifs is 1. The molecular weight excluding hydrogens is 412 g/mol. The first-order valence-electron chi connectivity index (χ1n) is 12.2. The summed E-state index contributed by atoms with van der Waals surface area (Å²) in [7, 11) is 0. The van der Waals surface area contributed by atoms with E-state index in [0.29, 0.717) is 13.0 Å². The molecule has 0 unspecified atom stereocenters. The molecule has 2 aromatic rings. The van der Waals surface area contributed by atoms with Crippen molar-refractivity contribution in [1.82, 2.24) is 10.2 Å². The summed E-state index contributed by atoms with van der Waals surface area (Å²) in [6, 6.07) is 19.9. The van der Waals surface area contributed by atoms with Gasteiger partial charge in [0, 0.05) is 18.5 Å². The van der Waals surface area contributed by atoms with Crippen LogP contribution in [0.5, 0.6) is 0 Å². The molecule has 0 radical (unpaired) electrons. The molecule has 1 saturated carbocycles. The highest BCUT2D eigenvalue weighted by Gasteiger charge is 2.71. The lowest BCUT2D eigenvalue weighted by atomic mass is 9.72. The standard InChI is InChI=1S/C28H30N2O3/c31-26(29-21-13-7-8-14-21)25-28-17-15-22(33-28)23(20-11-5-2-6-12-20)24(28)27(32)30(25)18-16-19-9-3-1-4-10-19/h1-6,9-12,15,17,21-25H,7-8,13-14,16,18H2,(H,29,31)/t22-,23+,24-,25+,28+/m1/s1. The maximum Gasteiger partial charge on any atom is 0.246 e. The minimum atomic E-state index is -0.887. The highest BCUT2D eigenvalue weighted by molar-refractivity contribution is 5.97. The third kappa shape index (κ3) is 3.33. The van der Waals surface area contributed by atoms with Crippen molar-refractivity contribution in [3.05, 3.63) is 83.9 Å². The van der Waals surface area contributed by atoms with Crippen LogP contribution in [0.15, 0.2) is 72.8 Å². The van der Waals surface area contributed by atoms with E-state index >= 15 is 0 Å². The Morgan fingerprint density at radius 1 is 1.03 bits per heavy atom. The molecule has 5 nitrogen and oxygen atoms in total. The topological polar surface area (TPSA) is 58.6 Å². The number of ether oxygens (including phenoxy) is 1. The second-order valence-corrected chi connectivity index (χ2v) is 9.87. The minimum absolute atomic E-state index is 0.0400. The van der Waals surface area contributed by atoms with Gasteiger partial charge in [-0.1, -0.05) is 85.7 Å². The molecule has 1 N–H and O–H groups in total. The van der Waals surface area contributed by atoms with Gasteiger partial charge in [0.15, 0.2) is 0 Å². The largest absolute Gasteiger partial charge is 0.359 e. The maximum atomic E-state index is 14.0. The molecule has 3 heterocycles. The molecule has 0 aromatic heterocycles. The Hall–Kier alpha value is -2.92. The van der Waals surface area contributed by atoms with E-state index in [1.165, 1.54) is 0 Å². The maximum absolute atomic E-state index is 14.0. The quantitative estimate of drug-likeness (QED) is 0.696. The first kappa shape index (κ1) is 20.7. The fraction of sp³-hybridized carbons (Fsp3) is 0.429. The van der Waals surface area contributed by atoms with Crippen molar-refractivity contribution in [2.45, 2.75) is 61.8 Å². The average Bonchev–Trinajstić information content (AvgIpc) is 3.61. The molecule has 6 rings (SSSR count). The van der Waals surface area contributed by atoms with Crippen LogP contribution in [-0.4, -0.2) is 47.0 Å². The highest BCUT2D eigenvalue weighted by Crippen LogP contribution is 2.58. The second kappa shape index (κ2) is 8.14. The van der Waals surface area contributed by atoms with Crippen LogP contribution in [0.3, 0.4) is 0 Å². The Morgan fingerprint density at radius 2 is 1.73 bits per heavy atom. The molecule has 2 bridgehead atoms. The van der Waals surface area contributed by atoms with E-state index in [-0.39, 0.29) is 35.8 Å². The smallest absolute Gasteiger partial charge is 0.246 e. The van der Waals surface area contributed by atoms with Gasteiger partial charge in [-0.05, 0) is 30.4 Å². The number of nitrogens with zero attached hydrogens (tertiary/aromatic N) is 1. The number of carbonyl (C=O) groups is 2. The number of hydrogen-bond acceptors (Lipinski definition) is 3. The highest BCUT2D eigenvalue weighted by atomic mass is 16.5. The molecule has 33 heavy (non-hydrogen) atoms. The van der Waals surface area contributed by atoms with E-state index in [2.05, 4.69) is 35.7 Å². The summed E-state index contributed by atoms with van der Waals surface area (Å²) in [5.41, 5.74) is 1.38. The number of carbonyl (C=O) groups excluding carboxylic acids is 2. The van der Waals surface area contributed by atoms with Gasteiger partial charge in [0.2, 0.25) is 11.8 Å². The van der Waals surface area contributed by atoms with Crippen molar-refractivity contribution >= 4 is 11.8 Å². The lowest BCUT2D eigenvalue weighted by Crippen LogP contribution is -2.56. The van der Waals surface area contributed by atoms with Gasteiger partial charge in [0.25, 0.3) is 0 Å². The van der Waals surface area contributed by atoms with Gasteiger partial charge in [0.1, 0.15) is 11.6 Å². The zero-order valence-corrected chi connectivity index (χ0v) is 18.7. The van der Waals surface area contributed by atoms with E-state index in [4.69, 9.17) is 4.74 Å². The zero-order valence-electron chi connectivity index (χ0n) is 18.7. The first-order valence-corrected chi connectivity index (χ1v) is 12.2. The Labute approximate surface area is 194 Å². The number of amides is 2. The molecule has 2 saturated heterocycles. The fourth-order valence-electron chi connectivity index (χ4n) is 6.51. The van der Waals surface area contributed by atoms with Gasteiger partial charge in [-0.2, -0.15) is 0 Å². The summed E-state index contributed by atoms with van der Waals surface area (Å²) < 4.78 is 6.57. The summed E-state index contributed by atoms with van der Waals surface area (Å²) in [6.07, 6.45) is 8.95. The third-order valence-corrected chi connectivity index (χ3v) is 7.99. The van der Waals surface area contributed by atoms with Crippen molar-refractivity contribution in [3.8, 4) is 0 Å². The van der Waals surface area contributed by atoms with Crippen LogP contribution in [0, 0.1) is 5.92 Å². The predicted octanol–water partition coefficient (Wildman–Crippen LogP) is 3.61. The molecular formula is C28H30N2O3. The average molecular weight is 443 g/mol. The molecule has 2 aromatic carbocycles. The van der Waals surface area contributed by atoms with Crippen molar-refractivity contribution < 1.29 is 14.3 Å². The molecule has 1 spiro atoms. The third-order valence-electron chi connectivity index (χ3n) is 7.99. The van der Waals surface area contributed by atoms with Crippen molar-refractivity contribution in [1.29, 1.82) is 0 Å².